The smallest absolute Gasteiger partial charge is 0.252 e. The number of aromatic nitrogens is 1. The Morgan fingerprint density at radius 2 is 2.37 bits per heavy atom. The Kier molecular flexibility index (Phi) is 5.11. The van der Waals surface area contributed by atoms with Gasteiger partial charge in [0.1, 0.15) is 5.82 Å². The van der Waals surface area contributed by atoms with Gasteiger partial charge in [-0.1, -0.05) is 0 Å². The van der Waals surface area contributed by atoms with Gasteiger partial charge in [0.05, 0.1) is 11.7 Å². The molecule has 1 saturated heterocycles. The Morgan fingerprint density at radius 1 is 1.47 bits per heavy atom. The highest BCUT2D eigenvalue weighted by Gasteiger charge is 2.14. The van der Waals surface area contributed by atoms with Gasteiger partial charge in [-0.3, -0.25) is 4.79 Å². The highest BCUT2D eigenvalue weighted by atomic mass is 16.5. The molecule has 0 aliphatic carbocycles. The summed E-state index contributed by atoms with van der Waals surface area (Å²) in [5.41, 5.74) is 2.95. The van der Waals surface area contributed by atoms with E-state index in [0.29, 0.717) is 17.9 Å². The topological polar surface area (TPSA) is 89.3 Å². The molecule has 1 aromatic heterocycles. The number of anilines is 1. The number of amides is 1. The normalized spacial score (nSPS) is 18.9. The first-order valence-electron chi connectivity index (χ1n) is 6.62. The molecule has 1 unspecified atom stereocenters. The summed E-state index contributed by atoms with van der Waals surface area (Å²) < 4.78 is 5.61. The fraction of sp³-hybridized carbons (Fsp3) is 0.538. The maximum atomic E-state index is 11.8. The Hall–Kier alpha value is -1.66. The Balaban J connectivity index is 1.73. The molecule has 1 aromatic rings. The first-order chi connectivity index (χ1) is 9.29. The molecular weight excluding hydrogens is 244 g/mol. The monoisotopic (exact) mass is 264 g/mol. The lowest BCUT2D eigenvalue weighted by molar-refractivity contribution is 0.0117. The molecule has 6 nitrogen and oxygen atoms in total. The number of nitrogens with two attached hydrogens (primary N) is 1. The molecule has 0 spiro atoms. The second kappa shape index (κ2) is 7.06. The molecule has 2 rings (SSSR count). The molecule has 19 heavy (non-hydrogen) atoms. The largest absolute Gasteiger partial charge is 0.378 e. The van der Waals surface area contributed by atoms with Crippen molar-refractivity contribution < 1.29 is 9.53 Å². The van der Waals surface area contributed by atoms with Crippen molar-refractivity contribution in [3.8, 4) is 0 Å². The van der Waals surface area contributed by atoms with Gasteiger partial charge in [-0.25, -0.2) is 10.8 Å². The van der Waals surface area contributed by atoms with Crippen LogP contribution in [0.3, 0.4) is 0 Å². The van der Waals surface area contributed by atoms with Crippen LogP contribution in [-0.2, 0) is 4.74 Å². The van der Waals surface area contributed by atoms with Crippen LogP contribution in [0.25, 0.3) is 0 Å². The van der Waals surface area contributed by atoms with E-state index in [9.17, 15) is 4.79 Å². The summed E-state index contributed by atoms with van der Waals surface area (Å²) in [4.78, 5) is 15.8. The van der Waals surface area contributed by atoms with E-state index in [0.717, 1.165) is 25.9 Å². The fourth-order valence-corrected chi connectivity index (χ4v) is 2.10. The number of rotatable bonds is 5. The first kappa shape index (κ1) is 13.8. The minimum Gasteiger partial charge on any atom is -0.378 e. The average molecular weight is 264 g/mol. The van der Waals surface area contributed by atoms with Crippen LogP contribution in [0.15, 0.2) is 18.3 Å². The Bertz CT molecular complexity index is 402. The standard InChI is InChI=1S/C13H20N4O2/c14-17-12-5-4-10(9-16-12)13(18)15-7-6-11-3-1-2-8-19-11/h4-5,9,11H,1-3,6-8,14H2,(H,15,18)(H,16,17). The number of pyridine rings is 1. The number of hydrazine groups is 1. The van der Waals surface area contributed by atoms with Crippen molar-refractivity contribution in [2.45, 2.75) is 31.8 Å². The van der Waals surface area contributed by atoms with Crippen molar-refractivity contribution in [1.29, 1.82) is 0 Å². The van der Waals surface area contributed by atoms with Crippen LogP contribution in [-0.4, -0.2) is 30.1 Å². The van der Waals surface area contributed by atoms with Gasteiger partial charge in [-0.05, 0) is 37.8 Å². The molecule has 0 bridgehead atoms. The number of carbonyl (C=O) groups excluding carboxylic acids is 1. The summed E-state index contributed by atoms with van der Waals surface area (Å²) in [5, 5.41) is 2.87. The number of nitrogens with zero attached hydrogens (tertiary/aromatic N) is 1. The second-order valence-electron chi connectivity index (χ2n) is 4.61. The van der Waals surface area contributed by atoms with Crippen molar-refractivity contribution >= 4 is 11.7 Å². The maximum Gasteiger partial charge on any atom is 0.252 e. The van der Waals surface area contributed by atoms with Crippen LogP contribution in [0.5, 0.6) is 0 Å². The number of hydrogen-bond acceptors (Lipinski definition) is 5. The van der Waals surface area contributed by atoms with E-state index in [4.69, 9.17) is 10.6 Å². The van der Waals surface area contributed by atoms with E-state index >= 15 is 0 Å². The van der Waals surface area contributed by atoms with E-state index < -0.39 is 0 Å². The van der Waals surface area contributed by atoms with Crippen molar-refractivity contribution in [2.75, 3.05) is 18.6 Å². The van der Waals surface area contributed by atoms with Crippen molar-refractivity contribution in [3.05, 3.63) is 23.9 Å². The van der Waals surface area contributed by atoms with Gasteiger partial charge in [0.25, 0.3) is 5.91 Å². The summed E-state index contributed by atoms with van der Waals surface area (Å²) >= 11 is 0. The number of nitrogens with one attached hydrogen (secondary N) is 2. The summed E-state index contributed by atoms with van der Waals surface area (Å²) in [6.07, 6.45) is 6.11. The van der Waals surface area contributed by atoms with E-state index in [2.05, 4.69) is 15.7 Å². The summed E-state index contributed by atoms with van der Waals surface area (Å²) in [6.45, 7) is 1.47. The summed E-state index contributed by atoms with van der Waals surface area (Å²) in [6, 6.07) is 3.35. The zero-order valence-electron chi connectivity index (χ0n) is 10.9. The third-order valence-electron chi connectivity index (χ3n) is 3.20. The van der Waals surface area contributed by atoms with Gasteiger partial charge in [0, 0.05) is 19.3 Å². The predicted molar refractivity (Wildman–Crippen MR) is 72.6 cm³/mol. The third-order valence-corrected chi connectivity index (χ3v) is 3.20. The van der Waals surface area contributed by atoms with Crippen LogP contribution in [0, 0.1) is 0 Å². The lowest BCUT2D eigenvalue weighted by Crippen LogP contribution is -2.29. The number of hydrogen-bond donors (Lipinski definition) is 3. The number of nitrogen functional groups attached to an aromatic ring is 1. The van der Waals surface area contributed by atoms with Crippen molar-refractivity contribution in [3.63, 3.8) is 0 Å². The second-order valence-corrected chi connectivity index (χ2v) is 4.61. The van der Waals surface area contributed by atoms with E-state index in [1.807, 2.05) is 0 Å². The van der Waals surface area contributed by atoms with Crippen LogP contribution >= 0.6 is 0 Å². The highest BCUT2D eigenvalue weighted by Crippen LogP contribution is 2.14. The van der Waals surface area contributed by atoms with Gasteiger partial charge in [-0.15, -0.1) is 0 Å². The molecule has 4 N–H and O–H groups in total. The van der Waals surface area contributed by atoms with Gasteiger partial charge >= 0.3 is 0 Å². The van der Waals surface area contributed by atoms with Crippen LogP contribution in [0.1, 0.15) is 36.0 Å². The Morgan fingerprint density at radius 3 is 3.00 bits per heavy atom. The van der Waals surface area contributed by atoms with E-state index in [-0.39, 0.29) is 12.0 Å². The molecule has 1 atom stereocenters. The zero-order valence-corrected chi connectivity index (χ0v) is 10.9. The van der Waals surface area contributed by atoms with Crippen molar-refractivity contribution in [1.82, 2.24) is 10.3 Å². The summed E-state index contributed by atoms with van der Waals surface area (Å²) in [7, 11) is 0. The Labute approximate surface area is 112 Å². The van der Waals surface area contributed by atoms with Gasteiger partial charge in [0.15, 0.2) is 0 Å². The highest BCUT2D eigenvalue weighted by molar-refractivity contribution is 5.93. The molecule has 1 amide bonds. The maximum absolute atomic E-state index is 11.8. The fourth-order valence-electron chi connectivity index (χ4n) is 2.10. The summed E-state index contributed by atoms with van der Waals surface area (Å²) in [5.74, 6) is 5.63. The van der Waals surface area contributed by atoms with Crippen LogP contribution in [0.4, 0.5) is 5.82 Å². The first-order valence-corrected chi connectivity index (χ1v) is 6.62. The number of ether oxygens (including phenoxy) is 1. The van der Waals surface area contributed by atoms with Crippen LogP contribution < -0.4 is 16.6 Å². The molecule has 2 heterocycles. The minimum atomic E-state index is -0.119. The number of carbonyl (C=O) groups is 1. The predicted octanol–water partition coefficient (Wildman–Crippen LogP) is 1.06. The molecular formula is C13H20N4O2. The molecule has 1 aliphatic rings. The lowest BCUT2D eigenvalue weighted by Gasteiger charge is -2.22. The lowest BCUT2D eigenvalue weighted by atomic mass is 10.1. The van der Waals surface area contributed by atoms with Gasteiger partial charge in [0.2, 0.25) is 0 Å². The van der Waals surface area contributed by atoms with Gasteiger partial charge < -0.3 is 15.5 Å². The molecule has 0 radical (unpaired) electrons. The van der Waals surface area contributed by atoms with E-state index in [1.54, 1.807) is 12.1 Å². The minimum absolute atomic E-state index is 0.119. The molecule has 0 aromatic carbocycles. The van der Waals surface area contributed by atoms with Crippen LogP contribution in [0.2, 0.25) is 0 Å². The zero-order chi connectivity index (χ0) is 13.5. The average Bonchev–Trinajstić information content (AvgIpc) is 2.48. The quantitative estimate of drug-likeness (QED) is 0.546. The van der Waals surface area contributed by atoms with E-state index in [1.165, 1.54) is 12.6 Å². The molecule has 1 fully saturated rings. The van der Waals surface area contributed by atoms with Crippen molar-refractivity contribution in [2.24, 2.45) is 5.84 Å². The molecule has 104 valence electrons. The SMILES string of the molecule is NNc1ccc(C(=O)NCCC2CCCCO2)cn1. The molecule has 1 aliphatic heterocycles. The molecule has 6 heteroatoms. The van der Waals surface area contributed by atoms with Gasteiger partial charge in [-0.2, -0.15) is 0 Å². The third kappa shape index (κ3) is 4.18. The molecule has 0 saturated carbocycles.